The monoisotopic (exact) mass is 255 g/mol. The fourth-order valence-electron chi connectivity index (χ4n) is 2.77. The van der Waals surface area contributed by atoms with Gasteiger partial charge in [0.2, 0.25) is 0 Å². The molecule has 1 fully saturated rings. The number of nitrogens with zero attached hydrogens (tertiary/aromatic N) is 2. The second-order valence-electron chi connectivity index (χ2n) is 5.27. The Hall–Kier alpha value is -0.540. The quantitative estimate of drug-likeness (QED) is 0.897. The van der Waals surface area contributed by atoms with Crippen LogP contribution < -0.4 is 5.32 Å². The van der Waals surface area contributed by atoms with Crippen LogP contribution in [0.5, 0.6) is 0 Å². The van der Waals surface area contributed by atoms with Gasteiger partial charge in [-0.3, -0.25) is 4.68 Å². The fraction of sp³-hybridized carbons (Fsp3) is 0.769. The van der Waals surface area contributed by atoms with Gasteiger partial charge in [-0.05, 0) is 31.7 Å². The highest BCUT2D eigenvalue weighted by Crippen LogP contribution is 2.30. The zero-order chi connectivity index (χ0) is 12.4. The van der Waals surface area contributed by atoms with Crippen molar-refractivity contribution in [3.63, 3.8) is 0 Å². The largest absolute Gasteiger partial charge is 0.311 e. The predicted octanol–water partition coefficient (Wildman–Crippen LogP) is 2.91. The first-order valence-electron chi connectivity index (χ1n) is 6.48. The number of nitrogens with one attached hydrogen (secondary N) is 1. The van der Waals surface area contributed by atoms with Crippen LogP contribution in [-0.4, -0.2) is 16.3 Å². The molecule has 4 heteroatoms. The van der Waals surface area contributed by atoms with E-state index in [1.165, 1.54) is 19.3 Å². The van der Waals surface area contributed by atoms with Gasteiger partial charge in [0, 0.05) is 13.6 Å². The van der Waals surface area contributed by atoms with E-state index < -0.39 is 0 Å². The lowest BCUT2D eigenvalue weighted by molar-refractivity contribution is 0.389. The molecule has 0 bridgehead atoms. The molecule has 1 aromatic rings. The minimum absolute atomic E-state index is 0.805. The van der Waals surface area contributed by atoms with E-state index in [2.05, 4.69) is 17.3 Å². The van der Waals surface area contributed by atoms with Crippen LogP contribution in [-0.2, 0) is 13.6 Å². The molecule has 1 heterocycles. The smallest absolute Gasteiger partial charge is 0.0860 e. The van der Waals surface area contributed by atoms with Gasteiger partial charge >= 0.3 is 0 Å². The van der Waals surface area contributed by atoms with E-state index in [0.717, 1.165) is 41.3 Å². The van der Waals surface area contributed by atoms with Crippen molar-refractivity contribution in [1.82, 2.24) is 15.1 Å². The Bertz CT molecular complexity index is 386. The van der Waals surface area contributed by atoms with Crippen molar-refractivity contribution < 1.29 is 0 Å². The van der Waals surface area contributed by atoms with Crippen molar-refractivity contribution in [3.8, 4) is 0 Å². The van der Waals surface area contributed by atoms with Crippen LogP contribution in [0.3, 0.4) is 0 Å². The summed E-state index contributed by atoms with van der Waals surface area (Å²) in [5.74, 6) is 1.70. The number of aryl methyl sites for hydroxylation is 2. The lowest BCUT2D eigenvalue weighted by Crippen LogP contribution is -2.25. The van der Waals surface area contributed by atoms with Gasteiger partial charge in [-0.25, -0.2) is 0 Å². The summed E-state index contributed by atoms with van der Waals surface area (Å²) in [5, 5.41) is 8.65. The van der Waals surface area contributed by atoms with Gasteiger partial charge in [0.1, 0.15) is 0 Å². The van der Waals surface area contributed by atoms with Crippen molar-refractivity contribution in [3.05, 3.63) is 16.4 Å². The topological polar surface area (TPSA) is 29.9 Å². The zero-order valence-corrected chi connectivity index (χ0v) is 11.7. The van der Waals surface area contributed by atoms with Crippen molar-refractivity contribution in [2.45, 2.75) is 39.7 Å². The molecule has 0 radical (unpaired) electrons. The van der Waals surface area contributed by atoms with E-state index in [9.17, 15) is 0 Å². The highest BCUT2D eigenvalue weighted by atomic mass is 35.5. The van der Waals surface area contributed by atoms with Crippen molar-refractivity contribution in [1.29, 1.82) is 0 Å². The molecule has 1 aliphatic carbocycles. The van der Waals surface area contributed by atoms with E-state index in [-0.39, 0.29) is 0 Å². The Morgan fingerprint density at radius 3 is 2.76 bits per heavy atom. The number of hydrogen-bond donors (Lipinski definition) is 1. The molecule has 1 N–H and O–H groups in total. The van der Waals surface area contributed by atoms with E-state index in [4.69, 9.17) is 11.6 Å². The molecule has 17 heavy (non-hydrogen) atoms. The summed E-state index contributed by atoms with van der Waals surface area (Å²) in [6.07, 6.45) is 4.14. The molecule has 0 saturated heterocycles. The lowest BCUT2D eigenvalue weighted by atomic mass is 9.98. The summed E-state index contributed by atoms with van der Waals surface area (Å²) in [6.45, 7) is 6.23. The third kappa shape index (κ3) is 2.83. The Balaban J connectivity index is 1.85. The lowest BCUT2D eigenvalue weighted by Gasteiger charge is -2.16. The van der Waals surface area contributed by atoms with E-state index >= 15 is 0 Å². The summed E-state index contributed by atoms with van der Waals surface area (Å²) in [7, 11) is 1.95. The number of aromatic nitrogens is 2. The van der Waals surface area contributed by atoms with Crippen LogP contribution in [0, 0.1) is 18.8 Å². The first-order chi connectivity index (χ1) is 8.09. The average Bonchev–Trinajstić information content (AvgIpc) is 2.78. The molecule has 2 atom stereocenters. The molecule has 0 aliphatic heterocycles. The van der Waals surface area contributed by atoms with Crippen LogP contribution in [0.4, 0.5) is 0 Å². The molecule has 3 nitrogen and oxygen atoms in total. The minimum atomic E-state index is 0.805. The second-order valence-corrected chi connectivity index (χ2v) is 5.65. The maximum atomic E-state index is 6.21. The van der Waals surface area contributed by atoms with Gasteiger partial charge in [0.15, 0.2) is 0 Å². The molecule has 96 valence electrons. The maximum Gasteiger partial charge on any atom is 0.0860 e. The summed E-state index contributed by atoms with van der Waals surface area (Å²) < 4.78 is 1.88. The second kappa shape index (κ2) is 5.40. The van der Waals surface area contributed by atoms with Gasteiger partial charge in [0.05, 0.1) is 16.4 Å². The summed E-state index contributed by atoms with van der Waals surface area (Å²) in [6, 6.07) is 0. The van der Waals surface area contributed by atoms with Crippen LogP contribution in [0.1, 0.15) is 37.6 Å². The van der Waals surface area contributed by atoms with Crippen molar-refractivity contribution in [2.75, 3.05) is 6.54 Å². The third-order valence-corrected chi connectivity index (χ3v) is 4.49. The molecule has 2 unspecified atom stereocenters. The molecular weight excluding hydrogens is 234 g/mol. The fourth-order valence-corrected chi connectivity index (χ4v) is 3.00. The highest BCUT2D eigenvalue weighted by molar-refractivity contribution is 6.31. The van der Waals surface area contributed by atoms with Gasteiger partial charge in [-0.2, -0.15) is 5.10 Å². The van der Waals surface area contributed by atoms with Crippen LogP contribution in [0.2, 0.25) is 5.02 Å². The summed E-state index contributed by atoms with van der Waals surface area (Å²) in [4.78, 5) is 0. The summed E-state index contributed by atoms with van der Waals surface area (Å²) >= 11 is 6.21. The maximum absolute atomic E-state index is 6.21. The van der Waals surface area contributed by atoms with Crippen LogP contribution in [0.25, 0.3) is 0 Å². The van der Waals surface area contributed by atoms with Gasteiger partial charge < -0.3 is 5.32 Å². The predicted molar refractivity (Wildman–Crippen MR) is 71.2 cm³/mol. The zero-order valence-electron chi connectivity index (χ0n) is 11.0. The molecule has 0 amide bonds. The minimum Gasteiger partial charge on any atom is -0.311 e. The molecular formula is C13H22ClN3. The van der Waals surface area contributed by atoms with Crippen LogP contribution in [0.15, 0.2) is 0 Å². The number of hydrogen-bond acceptors (Lipinski definition) is 2. The van der Waals surface area contributed by atoms with Crippen molar-refractivity contribution >= 4 is 11.6 Å². The Morgan fingerprint density at radius 1 is 1.47 bits per heavy atom. The number of rotatable bonds is 4. The first kappa shape index (κ1) is 12.9. The average molecular weight is 256 g/mol. The first-order valence-corrected chi connectivity index (χ1v) is 6.86. The van der Waals surface area contributed by atoms with E-state index in [1.54, 1.807) is 0 Å². The molecule has 2 rings (SSSR count). The Morgan fingerprint density at radius 2 is 2.24 bits per heavy atom. The van der Waals surface area contributed by atoms with Gasteiger partial charge in [0.25, 0.3) is 0 Å². The van der Waals surface area contributed by atoms with Crippen LogP contribution >= 0.6 is 11.6 Å². The molecule has 0 aromatic carbocycles. The Labute approximate surface area is 109 Å². The number of halogens is 1. The van der Waals surface area contributed by atoms with Crippen molar-refractivity contribution in [2.24, 2.45) is 18.9 Å². The van der Waals surface area contributed by atoms with Gasteiger partial charge in [-0.15, -0.1) is 0 Å². The van der Waals surface area contributed by atoms with E-state index in [1.807, 2.05) is 18.7 Å². The van der Waals surface area contributed by atoms with Gasteiger partial charge in [-0.1, -0.05) is 31.4 Å². The molecule has 1 saturated carbocycles. The standard InChI is InChI=1S/C13H22ClN3/c1-9-5-4-6-11(9)7-15-8-12-13(14)10(2)16-17(12)3/h9,11,15H,4-8H2,1-3H3. The molecule has 1 aliphatic rings. The van der Waals surface area contributed by atoms with E-state index in [0.29, 0.717) is 0 Å². The molecule has 0 spiro atoms. The third-order valence-electron chi connectivity index (χ3n) is 4.00. The summed E-state index contributed by atoms with van der Waals surface area (Å²) in [5.41, 5.74) is 2.01. The highest BCUT2D eigenvalue weighted by Gasteiger charge is 2.22. The Kier molecular flexibility index (Phi) is 4.10. The SMILES string of the molecule is Cc1nn(C)c(CNCC2CCCC2C)c1Cl. The normalized spacial score (nSPS) is 24.5. The molecule has 1 aromatic heterocycles.